The molecule has 2 heterocycles. The molecule has 32 heavy (non-hydrogen) atoms. The maximum Gasteiger partial charge on any atom is 0.266 e. The molecule has 2 aliphatic rings. The molecule has 2 amide bonds. The minimum Gasteiger partial charge on any atom is -0.496 e. The van der Waals surface area contributed by atoms with Crippen LogP contribution in [0.25, 0.3) is 6.08 Å². The first-order valence-electron chi connectivity index (χ1n) is 10.5. The first kappa shape index (κ1) is 22.4. The molecule has 2 aromatic rings. The van der Waals surface area contributed by atoms with Gasteiger partial charge in [0, 0.05) is 50.4 Å². The molecule has 0 saturated carbocycles. The number of thiocarbonyl (C=S) groups is 1. The van der Waals surface area contributed by atoms with E-state index in [1.165, 1.54) is 22.3 Å². The summed E-state index contributed by atoms with van der Waals surface area (Å²) < 4.78 is 5.85. The Labute approximate surface area is 197 Å². The van der Waals surface area contributed by atoms with Crippen LogP contribution < -0.4 is 9.64 Å². The SMILES string of the molecule is COc1ccccc1/C=C1/SC(=S)N(CCC(=O)N2CCN(c3ccccc3)CC2)C1=O. The van der Waals surface area contributed by atoms with Crippen molar-refractivity contribution in [2.45, 2.75) is 6.42 Å². The molecule has 0 N–H and O–H groups in total. The number of nitrogens with zero attached hydrogens (tertiary/aromatic N) is 3. The molecule has 0 unspecified atom stereocenters. The molecule has 0 radical (unpaired) electrons. The first-order chi connectivity index (χ1) is 15.6. The van der Waals surface area contributed by atoms with Gasteiger partial charge in [0.15, 0.2) is 0 Å². The fourth-order valence-corrected chi connectivity index (χ4v) is 5.14. The monoisotopic (exact) mass is 467 g/mol. The Balaban J connectivity index is 1.32. The second-order valence-electron chi connectivity index (χ2n) is 7.53. The van der Waals surface area contributed by atoms with Crippen LogP contribution in [0.2, 0.25) is 0 Å². The highest BCUT2D eigenvalue weighted by Crippen LogP contribution is 2.34. The molecular formula is C24H25N3O3S2. The molecule has 2 fully saturated rings. The van der Waals surface area contributed by atoms with Crippen molar-refractivity contribution >= 4 is 51.9 Å². The van der Waals surface area contributed by atoms with Gasteiger partial charge in [0.1, 0.15) is 10.1 Å². The van der Waals surface area contributed by atoms with Crippen molar-refractivity contribution in [1.82, 2.24) is 9.80 Å². The van der Waals surface area contributed by atoms with E-state index in [1.807, 2.05) is 47.4 Å². The number of hydrogen-bond donors (Lipinski definition) is 0. The van der Waals surface area contributed by atoms with Crippen molar-refractivity contribution in [2.75, 3.05) is 44.7 Å². The third kappa shape index (κ3) is 4.97. The molecule has 0 spiro atoms. The lowest BCUT2D eigenvalue weighted by atomic mass is 10.2. The van der Waals surface area contributed by atoms with Gasteiger partial charge < -0.3 is 14.5 Å². The molecule has 0 aliphatic carbocycles. The number of para-hydroxylation sites is 2. The van der Waals surface area contributed by atoms with Crippen molar-refractivity contribution in [3.63, 3.8) is 0 Å². The second kappa shape index (κ2) is 10.2. The van der Waals surface area contributed by atoms with Crippen molar-refractivity contribution in [3.05, 3.63) is 65.1 Å². The molecule has 6 nitrogen and oxygen atoms in total. The molecule has 0 aromatic heterocycles. The average Bonchev–Trinajstić information content (AvgIpc) is 3.10. The summed E-state index contributed by atoms with van der Waals surface area (Å²) in [4.78, 5) is 31.9. The number of thioether (sulfide) groups is 1. The summed E-state index contributed by atoms with van der Waals surface area (Å²) >= 11 is 6.68. The van der Waals surface area contributed by atoms with E-state index in [1.54, 1.807) is 13.2 Å². The van der Waals surface area contributed by atoms with Gasteiger partial charge in [-0.25, -0.2) is 0 Å². The predicted octanol–water partition coefficient (Wildman–Crippen LogP) is 3.64. The van der Waals surface area contributed by atoms with Crippen LogP contribution in [0.15, 0.2) is 59.5 Å². The zero-order chi connectivity index (χ0) is 22.5. The van der Waals surface area contributed by atoms with Gasteiger partial charge in [-0.2, -0.15) is 0 Å². The van der Waals surface area contributed by atoms with E-state index >= 15 is 0 Å². The quantitative estimate of drug-likeness (QED) is 0.478. The van der Waals surface area contributed by atoms with Gasteiger partial charge in [-0.1, -0.05) is 60.4 Å². The van der Waals surface area contributed by atoms with Crippen LogP contribution in [0.3, 0.4) is 0 Å². The number of anilines is 1. The summed E-state index contributed by atoms with van der Waals surface area (Å²) in [6.45, 7) is 3.27. The van der Waals surface area contributed by atoms with E-state index in [4.69, 9.17) is 17.0 Å². The Morgan fingerprint density at radius 3 is 2.47 bits per heavy atom. The lowest BCUT2D eigenvalue weighted by molar-refractivity contribution is -0.132. The highest BCUT2D eigenvalue weighted by atomic mass is 32.2. The van der Waals surface area contributed by atoms with Crippen LogP contribution in [0.1, 0.15) is 12.0 Å². The van der Waals surface area contributed by atoms with Crippen LogP contribution in [0, 0.1) is 0 Å². The number of carbonyl (C=O) groups is 2. The van der Waals surface area contributed by atoms with Gasteiger partial charge in [-0.3, -0.25) is 14.5 Å². The van der Waals surface area contributed by atoms with E-state index in [9.17, 15) is 9.59 Å². The molecule has 0 atom stereocenters. The zero-order valence-electron chi connectivity index (χ0n) is 17.9. The molecule has 4 rings (SSSR count). The molecule has 2 aromatic carbocycles. The van der Waals surface area contributed by atoms with Crippen molar-refractivity contribution in [1.29, 1.82) is 0 Å². The number of ether oxygens (including phenoxy) is 1. The van der Waals surface area contributed by atoms with E-state index in [0.29, 0.717) is 34.6 Å². The van der Waals surface area contributed by atoms with Gasteiger partial charge >= 0.3 is 0 Å². The molecule has 8 heteroatoms. The van der Waals surface area contributed by atoms with Crippen molar-refractivity contribution in [3.8, 4) is 5.75 Å². The molecular weight excluding hydrogens is 442 g/mol. The Morgan fingerprint density at radius 1 is 1.06 bits per heavy atom. The molecule has 2 saturated heterocycles. The Morgan fingerprint density at radius 2 is 1.75 bits per heavy atom. The van der Waals surface area contributed by atoms with Gasteiger partial charge in [0.2, 0.25) is 5.91 Å². The molecule has 2 aliphatic heterocycles. The maximum atomic E-state index is 12.9. The van der Waals surface area contributed by atoms with Gasteiger partial charge in [-0.15, -0.1) is 0 Å². The Hall–Kier alpha value is -2.84. The summed E-state index contributed by atoms with van der Waals surface area (Å²) in [5.41, 5.74) is 2.00. The lowest BCUT2D eigenvalue weighted by Crippen LogP contribution is -2.49. The third-order valence-corrected chi connectivity index (χ3v) is 6.98. The standard InChI is InChI=1S/C24H25N3O3S2/c1-30-20-10-6-5-7-18(20)17-21-23(29)27(24(31)32-21)12-11-22(28)26-15-13-25(14-16-26)19-8-3-2-4-9-19/h2-10,17H,11-16H2,1H3/b21-17+. The number of benzene rings is 2. The summed E-state index contributed by atoms with van der Waals surface area (Å²) in [6.07, 6.45) is 2.06. The average molecular weight is 468 g/mol. The van der Waals surface area contributed by atoms with Crippen LogP contribution in [-0.2, 0) is 9.59 Å². The van der Waals surface area contributed by atoms with E-state index in [0.717, 1.165) is 18.7 Å². The fourth-order valence-electron chi connectivity index (χ4n) is 3.84. The first-order valence-corrected chi connectivity index (χ1v) is 11.8. The highest BCUT2D eigenvalue weighted by Gasteiger charge is 2.33. The minimum atomic E-state index is -0.160. The summed E-state index contributed by atoms with van der Waals surface area (Å²) in [5.74, 6) is 0.593. The number of rotatable bonds is 6. The summed E-state index contributed by atoms with van der Waals surface area (Å²) in [6, 6.07) is 17.7. The number of piperazine rings is 1. The number of methoxy groups -OCH3 is 1. The van der Waals surface area contributed by atoms with E-state index in [-0.39, 0.29) is 18.2 Å². The Kier molecular flexibility index (Phi) is 7.12. The van der Waals surface area contributed by atoms with Crippen LogP contribution in [0.5, 0.6) is 5.75 Å². The summed E-state index contributed by atoms with van der Waals surface area (Å²) in [5, 5.41) is 0. The second-order valence-corrected chi connectivity index (χ2v) is 9.20. The van der Waals surface area contributed by atoms with Gasteiger partial charge in [-0.05, 0) is 24.3 Å². The summed E-state index contributed by atoms with van der Waals surface area (Å²) in [7, 11) is 1.60. The van der Waals surface area contributed by atoms with Crippen molar-refractivity contribution < 1.29 is 14.3 Å². The third-order valence-electron chi connectivity index (χ3n) is 5.60. The maximum absolute atomic E-state index is 12.9. The molecule has 166 valence electrons. The largest absolute Gasteiger partial charge is 0.496 e. The topological polar surface area (TPSA) is 53.1 Å². The van der Waals surface area contributed by atoms with Crippen LogP contribution >= 0.6 is 24.0 Å². The molecule has 0 bridgehead atoms. The lowest BCUT2D eigenvalue weighted by Gasteiger charge is -2.36. The van der Waals surface area contributed by atoms with Gasteiger partial charge in [0.25, 0.3) is 5.91 Å². The van der Waals surface area contributed by atoms with E-state index in [2.05, 4.69) is 17.0 Å². The van der Waals surface area contributed by atoms with E-state index < -0.39 is 0 Å². The number of amides is 2. The van der Waals surface area contributed by atoms with Crippen LogP contribution in [-0.4, -0.2) is 65.8 Å². The van der Waals surface area contributed by atoms with Gasteiger partial charge in [0.05, 0.1) is 12.0 Å². The normalized spacial score (nSPS) is 17.9. The number of carbonyl (C=O) groups excluding carboxylic acids is 2. The smallest absolute Gasteiger partial charge is 0.266 e. The minimum absolute atomic E-state index is 0.0560. The zero-order valence-corrected chi connectivity index (χ0v) is 19.5. The Bertz CT molecular complexity index is 1030. The fraction of sp³-hybridized carbons (Fsp3) is 0.292. The predicted molar refractivity (Wildman–Crippen MR) is 133 cm³/mol. The number of hydrogen-bond acceptors (Lipinski definition) is 6. The van der Waals surface area contributed by atoms with Crippen molar-refractivity contribution in [2.24, 2.45) is 0 Å². The van der Waals surface area contributed by atoms with Crippen LogP contribution in [0.4, 0.5) is 5.69 Å². The highest BCUT2D eigenvalue weighted by molar-refractivity contribution is 8.26.